The summed E-state index contributed by atoms with van der Waals surface area (Å²) in [7, 11) is 0. The summed E-state index contributed by atoms with van der Waals surface area (Å²) >= 11 is 6.08. The van der Waals surface area contributed by atoms with Crippen molar-refractivity contribution in [3.8, 4) is 0 Å². The Balaban J connectivity index is 1.83. The molecule has 0 radical (unpaired) electrons. The maximum absolute atomic E-state index is 13.8. The standard InChI is InChI=1S/C19H16ClFN4O/c1-11-7-8-13(9-14(11)20)24-19(26)17-10-18(23-12(2)22-17)25-16-6-4-3-5-15(16)21/h3-10H,1-2H3,(H,24,26)(H,22,23,25). The Hall–Kier alpha value is -2.99. The number of hydrogen-bond donors (Lipinski definition) is 2. The second-order valence-electron chi connectivity index (χ2n) is 5.71. The zero-order valence-corrected chi connectivity index (χ0v) is 14.9. The summed E-state index contributed by atoms with van der Waals surface area (Å²) in [6.07, 6.45) is 0. The number of para-hydroxylation sites is 1. The van der Waals surface area contributed by atoms with Gasteiger partial charge in [0.05, 0.1) is 5.69 Å². The Morgan fingerprint density at radius 3 is 2.58 bits per heavy atom. The van der Waals surface area contributed by atoms with Crippen LogP contribution in [0.5, 0.6) is 0 Å². The average Bonchev–Trinajstić information content (AvgIpc) is 2.60. The van der Waals surface area contributed by atoms with Crippen molar-refractivity contribution in [1.82, 2.24) is 9.97 Å². The first kappa shape index (κ1) is 17.8. The van der Waals surface area contributed by atoms with E-state index in [2.05, 4.69) is 20.6 Å². The van der Waals surface area contributed by atoms with Gasteiger partial charge < -0.3 is 10.6 Å². The van der Waals surface area contributed by atoms with E-state index in [1.54, 1.807) is 37.3 Å². The summed E-state index contributed by atoms with van der Waals surface area (Å²) in [4.78, 5) is 20.8. The highest BCUT2D eigenvalue weighted by Gasteiger charge is 2.12. The number of aryl methyl sites for hydroxylation is 2. The van der Waals surface area contributed by atoms with E-state index in [1.165, 1.54) is 12.1 Å². The lowest BCUT2D eigenvalue weighted by molar-refractivity contribution is 0.102. The van der Waals surface area contributed by atoms with Gasteiger partial charge in [0.15, 0.2) is 0 Å². The fourth-order valence-corrected chi connectivity index (χ4v) is 2.49. The molecule has 7 heteroatoms. The minimum atomic E-state index is -0.413. The number of carbonyl (C=O) groups excluding carboxylic acids is 1. The van der Waals surface area contributed by atoms with Crippen molar-refractivity contribution in [2.75, 3.05) is 10.6 Å². The Kier molecular flexibility index (Phi) is 5.14. The smallest absolute Gasteiger partial charge is 0.274 e. The van der Waals surface area contributed by atoms with Crippen LogP contribution in [-0.4, -0.2) is 15.9 Å². The van der Waals surface area contributed by atoms with Gasteiger partial charge in [-0.25, -0.2) is 14.4 Å². The van der Waals surface area contributed by atoms with Gasteiger partial charge in [0.25, 0.3) is 5.91 Å². The van der Waals surface area contributed by atoms with Crippen LogP contribution in [0.2, 0.25) is 5.02 Å². The third-order valence-electron chi connectivity index (χ3n) is 3.64. The molecule has 0 fully saturated rings. The fraction of sp³-hybridized carbons (Fsp3) is 0.105. The van der Waals surface area contributed by atoms with Crippen LogP contribution in [0.4, 0.5) is 21.6 Å². The van der Waals surface area contributed by atoms with Crippen LogP contribution < -0.4 is 10.6 Å². The SMILES string of the molecule is Cc1nc(Nc2ccccc2F)cc(C(=O)Nc2ccc(C)c(Cl)c2)n1. The molecule has 132 valence electrons. The molecule has 0 saturated carbocycles. The lowest BCUT2D eigenvalue weighted by Crippen LogP contribution is -2.15. The van der Waals surface area contributed by atoms with Crippen LogP contribution in [-0.2, 0) is 0 Å². The highest BCUT2D eigenvalue weighted by molar-refractivity contribution is 6.31. The zero-order valence-electron chi connectivity index (χ0n) is 14.2. The largest absolute Gasteiger partial charge is 0.338 e. The van der Waals surface area contributed by atoms with E-state index < -0.39 is 11.7 Å². The molecule has 0 spiro atoms. The minimum Gasteiger partial charge on any atom is -0.338 e. The van der Waals surface area contributed by atoms with Crippen LogP contribution in [0.15, 0.2) is 48.5 Å². The lowest BCUT2D eigenvalue weighted by atomic mass is 10.2. The van der Waals surface area contributed by atoms with E-state index in [9.17, 15) is 9.18 Å². The van der Waals surface area contributed by atoms with E-state index in [-0.39, 0.29) is 11.4 Å². The van der Waals surface area contributed by atoms with Gasteiger partial charge in [-0.05, 0) is 43.7 Å². The van der Waals surface area contributed by atoms with Gasteiger partial charge in [0.2, 0.25) is 0 Å². The first-order chi connectivity index (χ1) is 12.4. The summed E-state index contributed by atoms with van der Waals surface area (Å²) < 4.78 is 13.8. The van der Waals surface area contributed by atoms with E-state index in [1.807, 2.05) is 13.0 Å². The predicted octanol–water partition coefficient (Wildman–Crippen LogP) is 4.88. The maximum Gasteiger partial charge on any atom is 0.274 e. The number of hydrogen-bond acceptors (Lipinski definition) is 4. The topological polar surface area (TPSA) is 66.9 Å². The first-order valence-corrected chi connectivity index (χ1v) is 8.25. The highest BCUT2D eigenvalue weighted by Crippen LogP contribution is 2.21. The van der Waals surface area contributed by atoms with E-state index in [0.29, 0.717) is 22.4 Å². The Bertz CT molecular complexity index is 978. The number of carbonyl (C=O) groups is 1. The summed E-state index contributed by atoms with van der Waals surface area (Å²) in [5, 5.41) is 6.16. The van der Waals surface area contributed by atoms with Crippen LogP contribution in [0, 0.1) is 19.7 Å². The normalized spacial score (nSPS) is 10.5. The molecule has 3 aromatic rings. The molecular formula is C19H16ClFN4O. The summed E-state index contributed by atoms with van der Waals surface area (Å²) in [6, 6.07) is 12.9. The van der Waals surface area contributed by atoms with Crippen molar-refractivity contribution in [1.29, 1.82) is 0 Å². The van der Waals surface area contributed by atoms with E-state index in [4.69, 9.17) is 11.6 Å². The van der Waals surface area contributed by atoms with Crippen molar-refractivity contribution in [2.24, 2.45) is 0 Å². The number of anilines is 3. The molecule has 1 heterocycles. The third-order valence-corrected chi connectivity index (χ3v) is 4.04. The molecule has 0 atom stereocenters. The summed E-state index contributed by atoms with van der Waals surface area (Å²) in [6.45, 7) is 3.54. The van der Waals surface area contributed by atoms with Gasteiger partial charge in [0.1, 0.15) is 23.2 Å². The number of nitrogens with zero attached hydrogens (tertiary/aromatic N) is 2. The third kappa shape index (κ3) is 4.15. The molecule has 0 aliphatic rings. The number of nitrogens with one attached hydrogen (secondary N) is 2. The molecule has 1 amide bonds. The van der Waals surface area contributed by atoms with Crippen molar-refractivity contribution in [3.63, 3.8) is 0 Å². The molecule has 3 rings (SSSR count). The van der Waals surface area contributed by atoms with Gasteiger partial charge in [0, 0.05) is 16.8 Å². The number of halogens is 2. The quantitative estimate of drug-likeness (QED) is 0.686. The first-order valence-electron chi connectivity index (χ1n) is 7.87. The summed E-state index contributed by atoms with van der Waals surface area (Å²) in [5.41, 5.74) is 1.90. The summed E-state index contributed by atoms with van der Waals surface area (Å²) in [5.74, 6) is -0.107. The van der Waals surface area contributed by atoms with Crippen molar-refractivity contribution in [3.05, 3.63) is 76.5 Å². The molecule has 1 aromatic heterocycles. The highest BCUT2D eigenvalue weighted by atomic mass is 35.5. The van der Waals surface area contributed by atoms with Gasteiger partial charge >= 0.3 is 0 Å². The lowest BCUT2D eigenvalue weighted by Gasteiger charge is -2.10. The Morgan fingerprint density at radius 1 is 1.08 bits per heavy atom. The maximum atomic E-state index is 13.8. The monoisotopic (exact) mass is 370 g/mol. The van der Waals surface area contributed by atoms with Gasteiger partial charge in [-0.3, -0.25) is 4.79 Å². The molecule has 0 aliphatic carbocycles. The molecular weight excluding hydrogens is 355 g/mol. The second-order valence-corrected chi connectivity index (χ2v) is 6.12. The molecule has 0 aliphatic heterocycles. The van der Waals surface area contributed by atoms with Gasteiger partial charge in [-0.2, -0.15) is 0 Å². The zero-order chi connectivity index (χ0) is 18.7. The van der Waals surface area contributed by atoms with Crippen LogP contribution >= 0.6 is 11.6 Å². The van der Waals surface area contributed by atoms with E-state index >= 15 is 0 Å². The number of rotatable bonds is 4. The second kappa shape index (κ2) is 7.49. The molecule has 0 unspecified atom stereocenters. The Morgan fingerprint density at radius 2 is 1.85 bits per heavy atom. The van der Waals surface area contributed by atoms with E-state index in [0.717, 1.165) is 5.56 Å². The molecule has 2 aromatic carbocycles. The Labute approximate surface area is 155 Å². The molecule has 26 heavy (non-hydrogen) atoms. The van der Waals surface area contributed by atoms with Crippen LogP contribution in [0.25, 0.3) is 0 Å². The van der Waals surface area contributed by atoms with Crippen molar-refractivity contribution in [2.45, 2.75) is 13.8 Å². The average molecular weight is 371 g/mol. The predicted molar refractivity (Wildman–Crippen MR) is 101 cm³/mol. The van der Waals surface area contributed by atoms with Crippen LogP contribution in [0.3, 0.4) is 0 Å². The molecule has 5 nitrogen and oxygen atoms in total. The van der Waals surface area contributed by atoms with Gasteiger partial charge in [-0.15, -0.1) is 0 Å². The van der Waals surface area contributed by atoms with Crippen molar-refractivity contribution < 1.29 is 9.18 Å². The van der Waals surface area contributed by atoms with Crippen LogP contribution in [0.1, 0.15) is 21.9 Å². The number of aromatic nitrogens is 2. The van der Waals surface area contributed by atoms with Gasteiger partial charge in [-0.1, -0.05) is 29.8 Å². The fourth-order valence-electron chi connectivity index (χ4n) is 2.31. The molecule has 0 saturated heterocycles. The minimum absolute atomic E-state index is 0.160. The number of benzene rings is 2. The molecule has 0 bridgehead atoms. The molecule has 2 N–H and O–H groups in total. The van der Waals surface area contributed by atoms with Crippen molar-refractivity contribution >= 4 is 34.7 Å². The number of amides is 1.